The van der Waals surface area contributed by atoms with Gasteiger partial charge < -0.3 is 33.8 Å². The predicted molar refractivity (Wildman–Crippen MR) is 400 cm³/mol. The molecule has 0 saturated heterocycles. The standard InChI is InChI=1S/C79H146O17P2/c1-5-9-13-17-21-25-29-32-34-35-36-37-39-42-45-48-52-56-60-64-77(82)90-70-75(96-79(84)66-62-58-54-50-46-40-31-27-23-19-15-11-7-3)72-94-98(87,88)92-68-73(80)67-91-97(85,86)93-71-74(95-78(83)65-61-57-53-49-43-28-24-20-16-12-8-4)69-89-76(81)63-59-55-51-47-44-41-38-33-30-26-22-18-14-10-6-2/h9,13,21,25,32,34,36-37,73-75,80H,5-8,10-12,14-20,22-24,26-31,33,35,38-72H2,1-4H3,(H,85,86)(H,87,88)/b13-9-,25-21-,34-32-,37-36-. The van der Waals surface area contributed by atoms with Gasteiger partial charge in [0.2, 0.25) is 0 Å². The second kappa shape index (κ2) is 72.4. The van der Waals surface area contributed by atoms with Crippen LogP contribution in [-0.4, -0.2) is 96.7 Å². The van der Waals surface area contributed by atoms with Crippen LogP contribution >= 0.6 is 15.6 Å². The fraction of sp³-hybridized carbons (Fsp3) is 0.848. The molecule has 0 aromatic rings. The number of phosphoric acid groups is 2. The largest absolute Gasteiger partial charge is 0.472 e. The lowest BCUT2D eigenvalue weighted by Gasteiger charge is -2.21. The van der Waals surface area contributed by atoms with Gasteiger partial charge in [-0.15, -0.1) is 0 Å². The summed E-state index contributed by atoms with van der Waals surface area (Å²) in [5.41, 5.74) is 0. The molecule has 0 rings (SSSR count). The van der Waals surface area contributed by atoms with E-state index in [1.165, 1.54) is 161 Å². The Morgan fingerprint density at radius 3 is 0.816 bits per heavy atom. The molecule has 0 heterocycles. The average molecular weight is 1430 g/mol. The highest BCUT2D eigenvalue weighted by Crippen LogP contribution is 2.45. The lowest BCUT2D eigenvalue weighted by atomic mass is 10.0. The molecule has 0 saturated carbocycles. The molecule has 17 nitrogen and oxygen atoms in total. The maximum absolute atomic E-state index is 13.1. The fourth-order valence-electron chi connectivity index (χ4n) is 11.3. The Kier molecular flexibility index (Phi) is 70.2. The predicted octanol–water partition coefficient (Wildman–Crippen LogP) is 22.9. The molecular weight excluding hydrogens is 1280 g/mol. The van der Waals surface area contributed by atoms with Crippen LogP contribution in [0.15, 0.2) is 48.6 Å². The maximum Gasteiger partial charge on any atom is 0.472 e. The minimum absolute atomic E-state index is 0.0991. The van der Waals surface area contributed by atoms with Crippen molar-refractivity contribution in [3.05, 3.63) is 48.6 Å². The summed E-state index contributed by atoms with van der Waals surface area (Å²) in [6.07, 6.45) is 69.5. The zero-order chi connectivity index (χ0) is 71.8. The Bertz CT molecular complexity index is 2050. The number of aliphatic hydroxyl groups is 1. The highest BCUT2D eigenvalue weighted by molar-refractivity contribution is 7.47. The van der Waals surface area contributed by atoms with E-state index >= 15 is 0 Å². The van der Waals surface area contributed by atoms with Crippen LogP contribution < -0.4 is 0 Å². The summed E-state index contributed by atoms with van der Waals surface area (Å²) in [7, 11) is -9.93. The monoisotopic (exact) mass is 1430 g/mol. The van der Waals surface area contributed by atoms with Crippen LogP contribution in [0.3, 0.4) is 0 Å². The summed E-state index contributed by atoms with van der Waals surface area (Å²) in [4.78, 5) is 72.9. The molecule has 0 radical (unpaired) electrons. The number of hydrogen-bond acceptors (Lipinski definition) is 15. The summed E-state index contributed by atoms with van der Waals surface area (Å²) in [6, 6.07) is 0. The van der Waals surface area contributed by atoms with Crippen molar-refractivity contribution in [1.29, 1.82) is 0 Å². The molecule has 0 aromatic carbocycles. The lowest BCUT2D eigenvalue weighted by molar-refractivity contribution is -0.161. The number of allylic oxidation sites excluding steroid dienone is 8. The van der Waals surface area contributed by atoms with E-state index in [1.807, 2.05) is 0 Å². The molecule has 0 amide bonds. The van der Waals surface area contributed by atoms with Crippen molar-refractivity contribution in [2.75, 3.05) is 39.6 Å². The number of aliphatic hydroxyl groups excluding tert-OH is 1. The van der Waals surface area contributed by atoms with E-state index in [9.17, 15) is 43.2 Å². The Balaban J connectivity index is 5.26. The van der Waals surface area contributed by atoms with E-state index < -0.39 is 97.5 Å². The van der Waals surface area contributed by atoms with Gasteiger partial charge in [-0.25, -0.2) is 9.13 Å². The first-order chi connectivity index (χ1) is 47.7. The third-order valence-electron chi connectivity index (χ3n) is 17.3. The highest BCUT2D eigenvalue weighted by Gasteiger charge is 2.30. The first-order valence-corrected chi connectivity index (χ1v) is 42.9. The van der Waals surface area contributed by atoms with E-state index in [2.05, 4.69) is 76.3 Å². The van der Waals surface area contributed by atoms with Gasteiger partial charge in [-0.05, 0) is 64.2 Å². The van der Waals surface area contributed by atoms with Crippen molar-refractivity contribution in [3.8, 4) is 0 Å². The smallest absolute Gasteiger partial charge is 0.462 e. The Hall–Kier alpha value is -2.98. The van der Waals surface area contributed by atoms with E-state index in [0.29, 0.717) is 25.7 Å². The van der Waals surface area contributed by atoms with Crippen molar-refractivity contribution in [2.24, 2.45) is 0 Å². The van der Waals surface area contributed by atoms with Gasteiger partial charge in [-0.1, -0.05) is 333 Å². The van der Waals surface area contributed by atoms with Crippen molar-refractivity contribution < 1.29 is 80.2 Å². The Morgan fingerprint density at radius 2 is 0.531 bits per heavy atom. The number of unbranched alkanes of at least 4 members (excludes halogenated alkanes) is 42. The molecule has 0 aliphatic rings. The molecule has 0 aliphatic carbocycles. The summed E-state index contributed by atoms with van der Waals surface area (Å²) in [6.45, 7) is 4.83. The first kappa shape index (κ1) is 95.0. The van der Waals surface area contributed by atoms with Crippen LogP contribution in [0.2, 0.25) is 0 Å². The second-order valence-corrected chi connectivity index (χ2v) is 29.9. The van der Waals surface area contributed by atoms with Gasteiger partial charge in [0.05, 0.1) is 26.4 Å². The van der Waals surface area contributed by atoms with E-state index in [-0.39, 0.29) is 25.7 Å². The van der Waals surface area contributed by atoms with Crippen molar-refractivity contribution >= 4 is 39.5 Å². The molecule has 19 heteroatoms. The number of carbonyl (C=O) groups is 4. The van der Waals surface area contributed by atoms with Crippen molar-refractivity contribution in [2.45, 2.75) is 393 Å². The number of phosphoric ester groups is 2. The number of ether oxygens (including phenoxy) is 4. The number of rotatable bonds is 76. The van der Waals surface area contributed by atoms with Crippen LogP contribution in [0.5, 0.6) is 0 Å². The molecule has 0 bridgehead atoms. The SMILES string of the molecule is CC/C=C\C/C=C\C/C=C\C/C=C\CCCCCCCCC(=O)OCC(COP(=O)(O)OCC(O)COP(=O)(O)OCC(COC(=O)CCCCCCCCCCCCCCCCC)OC(=O)CCCCCCCCCCCCC)OC(=O)CCCCCCCCCCCCCCC. The topological polar surface area (TPSA) is 237 Å². The minimum atomic E-state index is -4.97. The molecule has 0 aliphatic heterocycles. The van der Waals surface area contributed by atoms with Crippen molar-refractivity contribution in [1.82, 2.24) is 0 Å². The van der Waals surface area contributed by atoms with Crippen molar-refractivity contribution in [3.63, 3.8) is 0 Å². The number of esters is 4. The van der Waals surface area contributed by atoms with Crippen LogP contribution in [0.25, 0.3) is 0 Å². The second-order valence-electron chi connectivity index (χ2n) is 27.0. The molecular formula is C79H146O17P2. The third-order valence-corrected chi connectivity index (χ3v) is 19.2. The Morgan fingerprint density at radius 1 is 0.296 bits per heavy atom. The number of carbonyl (C=O) groups excluding carboxylic acids is 4. The van der Waals surface area contributed by atoms with Gasteiger partial charge in [-0.3, -0.25) is 37.3 Å². The minimum Gasteiger partial charge on any atom is -0.462 e. The van der Waals surface area contributed by atoms with E-state index in [0.717, 1.165) is 135 Å². The van der Waals surface area contributed by atoms with Crippen LogP contribution in [0, 0.1) is 0 Å². The fourth-order valence-corrected chi connectivity index (χ4v) is 12.9. The average Bonchev–Trinajstić information content (AvgIpc) is 0.972. The molecule has 5 unspecified atom stereocenters. The zero-order valence-corrected chi connectivity index (χ0v) is 64.5. The van der Waals surface area contributed by atoms with Crippen LogP contribution in [0.4, 0.5) is 0 Å². The van der Waals surface area contributed by atoms with E-state index in [4.69, 9.17) is 37.0 Å². The highest BCUT2D eigenvalue weighted by atomic mass is 31.2. The van der Waals surface area contributed by atoms with Gasteiger partial charge in [-0.2, -0.15) is 0 Å². The normalized spacial score (nSPS) is 14.2. The van der Waals surface area contributed by atoms with Crippen LogP contribution in [-0.2, 0) is 65.4 Å². The summed E-state index contributed by atoms with van der Waals surface area (Å²) in [5.74, 6) is -2.14. The summed E-state index contributed by atoms with van der Waals surface area (Å²) < 4.78 is 68.6. The first-order valence-electron chi connectivity index (χ1n) is 39.9. The van der Waals surface area contributed by atoms with Gasteiger partial charge in [0.25, 0.3) is 0 Å². The maximum atomic E-state index is 13.1. The molecule has 0 fully saturated rings. The molecule has 3 N–H and O–H groups in total. The number of hydrogen-bond donors (Lipinski definition) is 3. The quantitative estimate of drug-likeness (QED) is 0.0169. The molecule has 0 spiro atoms. The molecule has 574 valence electrons. The van der Waals surface area contributed by atoms with Crippen LogP contribution in [0.1, 0.15) is 374 Å². The van der Waals surface area contributed by atoms with Gasteiger partial charge in [0, 0.05) is 25.7 Å². The van der Waals surface area contributed by atoms with Gasteiger partial charge in [0.1, 0.15) is 19.3 Å². The third kappa shape index (κ3) is 71.4. The Labute approximate surface area is 597 Å². The van der Waals surface area contributed by atoms with E-state index in [1.54, 1.807) is 0 Å². The summed E-state index contributed by atoms with van der Waals surface area (Å²) in [5, 5.41) is 10.6. The molecule has 0 aromatic heterocycles. The van der Waals surface area contributed by atoms with Gasteiger partial charge >= 0.3 is 39.5 Å². The zero-order valence-electron chi connectivity index (χ0n) is 62.7. The summed E-state index contributed by atoms with van der Waals surface area (Å²) >= 11 is 0. The lowest BCUT2D eigenvalue weighted by Crippen LogP contribution is -2.30. The van der Waals surface area contributed by atoms with Gasteiger partial charge in [0.15, 0.2) is 12.2 Å². The molecule has 98 heavy (non-hydrogen) atoms. The molecule has 5 atom stereocenters.